The molecular formula is C8H9NO3S. The Morgan fingerprint density at radius 3 is 3.00 bits per heavy atom. The van der Waals surface area contributed by atoms with Gasteiger partial charge in [-0.3, -0.25) is 10.1 Å². The van der Waals surface area contributed by atoms with Crippen LogP contribution in [0.15, 0.2) is 11.4 Å². The largest absolute Gasteiger partial charge is 0.378 e. The third-order valence-electron chi connectivity index (χ3n) is 2.07. The minimum Gasteiger partial charge on any atom is -0.378 e. The summed E-state index contributed by atoms with van der Waals surface area (Å²) in [5.41, 5.74) is 0.194. The van der Waals surface area contributed by atoms with Crippen LogP contribution in [0.1, 0.15) is 11.3 Å². The molecule has 2 heterocycles. The Morgan fingerprint density at radius 2 is 2.54 bits per heavy atom. The maximum Gasteiger partial charge on any atom is 0.280 e. The van der Waals surface area contributed by atoms with E-state index in [1.54, 1.807) is 11.4 Å². The smallest absolute Gasteiger partial charge is 0.280 e. The van der Waals surface area contributed by atoms with Gasteiger partial charge in [0.05, 0.1) is 16.4 Å². The van der Waals surface area contributed by atoms with Gasteiger partial charge in [0.2, 0.25) is 0 Å². The number of nitro groups is 1. The van der Waals surface area contributed by atoms with E-state index in [0.717, 1.165) is 24.3 Å². The molecule has 0 aliphatic carbocycles. The number of hydrogen-bond donors (Lipinski definition) is 0. The van der Waals surface area contributed by atoms with Gasteiger partial charge in [-0.05, 0) is 6.42 Å². The van der Waals surface area contributed by atoms with Crippen molar-refractivity contribution in [3.63, 3.8) is 0 Å². The van der Waals surface area contributed by atoms with E-state index >= 15 is 0 Å². The van der Waals surface area contributed by atoms with Crippen LogP contribution in [-0.2, 0) is 11.2 Å². The number of thiophene rings is 1. The second-order valence-electron chi connectivity index (χ2n) is 3.01. The zero-order valence-electron chi connectivity index (χ0n) is 6.93. The van der Waals surface area contributed by atoms with E-state index in [1.165, 1.54) is 11.3 Å². The summed E-state index contributed by atoms with van der Waals surface area (Å²) >= 11 is 1.43. The van der Waals surface area contributed by atoms with Crippen LogP contribution >= 0.6 is 11.3 Å². The van der Waals surface area contributed by atoms with Gasteiger partial charge >= 0.3 is 0 Å². The lowest BCUT2D eigenvalue weighted by molar-refractivity contribution is -0.384. The zero-order valence-corrected chi connectivity index (χ0v) is 7.75. The summed E-state index contributed by atoms with van der Waals surface area (Å²) in [6.45, 7) is 0.831. The Morgan fingerprint density at radius 1 is 1.77 bits per heavy atom. The maximum absolute atomic E-state index is 10.4. The highest BCUT2D eigenvalue weighted by molar-refractivity contribution is 7.10. The summed E-state index contributed by atoms with van der Waals surface area (Å²) in [5.74, 6) is 0. The Labute approximate surface area is 79.3 Å². The van der Waals surface area contributed by atoms with E-state index in [-0.39, 0.29) is 10.6 Å². The van der Waals surface area contributed by atoms with Crippen LogP contribution in [0, 0.1) is 10.1 Å². The Kier molecular flexibility index (Phi) is 2.28. The number of ether oxygens (including phenoxy) is 1. The van der Waals surface area contributed by atoms with E-state index < -0.39 is 0 Å². The minimum absolute atomic E-state index is 0.194. The first-order valence-corrected chi connectivity index (χ1v) is 4.97. The molecule has 0 N–H and O–H groups in total. The highest BCUT2D eigenvalue weighted by Gasteiger charge is 2.20. The summed E-state index contributed by atoms with van der Waals surface area (Å²) in [4.78, 5) is 11.0. The summed E-state index contributed by atoms with van der Waals surface area (Å²) < 4.78 is 5.24. The first-order chi connectivity index (χ1) is 6.25. The lowest BCUT2D eigenvalue weighted by Crippen LogP contribution is -2.28. The number of rotatable bonds is 3. The van der Waals surface area contributed by atoms with E-state index in [2.05, 4.69) is 0 Å². The molecule has 0 bridgehead atoms. The van der Waals surface area contributed by atoms with Crippen molar-refractivity contribution in [3.8, 4) is 0 Å². The molecule has 0 saturated carbocycles. The van der Waals surface area contributed by atoms with E-state index in [1.807, 2.05) is 0 Å². The molecule has 70 valence electrons. The van der Waals surface area contributed by atoms with Crippen molar-refractivity contribution >= 4 is 17.0 Å². The predicted octanol–water partition coefficient (Wildman–Crippen LogP) is 1.99. The third-order valence-corrected chi connectivity index (χ3v) is 3.02. The lowest BCUT2D eigenvalue weighted by atomic mass is 10.1. The van der Waals surface area contributed by atoms with Gasteiger partial charge in [-0.15, -0.1) is 11.3 Å². The molecule has 5 heteroatoms. The van der Waals surface area contributed by atoms with Crippen molar-refractivity contribution in [2.75, 3.05) is 6.61 Å². The fourth-order valence-electron chi connectivity index (χ4n) is 1.24. The zero-order chi connectivity index (χ0) is 9.26. The van der Waals surface area contributed by atoms with Gasteiger partial charge in [-0.25, -0.2) is 0 Å². The molecule has 1 aromatic heterocycles. The summed E-state index contributed by atoms with van der Waals surface area (Å²) in [6, 6.07) is 1.63. The highest BCUT2D eigenvalue weighted by Crippen LogP contribution is 2.25. The predicted molar refractivity (Wildman–Crippen MR) is 49.0 cm³/mol. The monoisotopic (exact) mass is 199 g/mol. The molecule has 0 spiro atoms. The molecule has 1 fully saturated rings. The van der Waals surface area contributed by atoms with E-state index in [9.17, 15) is 10.1 Å². The van der Waals surface area contributed by atoms with Gasteiger partial charge in [-0.1, -0.05) is 0 Å². The first-order valence-electron chi connectivity index (χ1n) is 4.09. The van der Waals surface area contributed by atoms with Crippen molar-refractivity contribution in [1.29, 1.82) is 0 Å². The Hall–Kier alpha value is -0.940. The van der Waals surface area contributed by atoms with Crippen LogP contribution in [0.2, 0.25) is 0 Å². The summed E-state index contributed by atoms with van der Waals surface area (Å²) in [5, 5.41) is 11.9. The number of hydrogen-bond acceptors (Lipinski definition) is 4. The average Bonchev–Trinajstić information content (AvgIpc) is 2.44. The first kappa shape index (κ1) is 8.65. The van der Waals surface area contributed by atoms with Crippen LogP contribution in [0.5, 0.6) is 0 Å². The van der Waals surface area contributed by atoms with Crippen molar-refractivity contribution < 1.29 is 9.66 Å². The fourth-order valence-corrected chi connectivity index (χ4v) is 2.14. The van der Waals surface area contributed by atoms with Crippen LogP contribution in [0.25, 0.3) is 0 Å². The van der Waals surface area contributed by atoms with E-state index in [4.69, 9.17) is 4.74 Å². The third kappa shape index (κ3) is 1.87. The van der Waals surface area contributed by atoms with Crippen molar-refractivity contribution in [3.05, 3.63) is 26.4 Å². The maximum atomic E-state index is 10.4. The quantitative estimate of drug-likeness (QED) is 0.552. The van der Waals surface area contributed by atoms with E-state index in [0.29, 0.717) is 6.10 Å². The standard InChI is InChI=1S/C8H9NO3S/c10-9(11)6-3-8(13-5-6)4-7-1-2-12-7/h3,5,7H,1-2,4H2. The normalized spacial score (nSPS) is 21.1. The fraction of sp³-hybridized carbons (Fsp3) is 0.500. The molecule has 1 atom stereocenters. The Bertz CT molecular complexity index is 319. The highest BCUT2D eigenvalue weighted by atomic mass is 32.1. The van der Waals surface area contributed by atoms with Gasteiger partial charge in [0.15, 0.2) is 0 Å². The molecule has 0 amide bonds. The second-order valence-corrected chi connectivity index (χ2v) is 4.01. The average molecular weight is 199 g/mol. The summed E-state index contributed by atoms with van der Waals surface area (Å²) in [7, 11) is 0. The van der Waals surface area contributed by atoms with Crippen molar-refractivity contribution in [2.24, 2.45) is 0 Å². The molecule has 4 nitrogen and oxygen atoms in total. The van der Waals surface area contributed by atoms with Crippen LogP contribution in [-0.4, -0.2) is 17.6 Å². The molecule has 1 unspecified atom stereocenters. The van der Waals surface area contributed by atoms with Crippen LogP contribution in [0.3, 0.4) is 0 Å². The molecule has 13 heavy (non-hydrogen) atoms. The second kappa shape index (κ2) is 3.43. The summed E-state index contributed by atoms with van der Waals surface area (Å²) in [6.07, 6.45) is 2.18. The van der Waals surface area contributed by atoms with Gasteiger partial charge in [0.1, 0.15) is 0 Å². The van der Waals surface area contributed by atoms with Crippen molar-refractivity contribution in [2.45, 2.75) is 18.9 Å². The molecule has 1 saturated heterocycles. The molecular weight excluding hydrogens is 190 g/mol. The molecule has 0 radical (unpaired) electrons. The molecule has 1 aromatic rings. The topological polar surface area (TPSA) is 52.4 Å². The molecule has 1 aliphatic heterocycles. The lowest BCUT2D eigenvalue weighted by Gasteiger charge is -2.25. The van der Waals surface area contributed by atoms with Gasteiger partial charge < -0.3 is 4.74 Å². The number of nitrogens with zero attached hydrogens (tertiary/aromatic N) is 1. The van der Waals surface area contributed by atoms with Crippen LogP contribution < -0.4 is 0 Å². The van der Waals surface area contributed by atoms with Gasteiger partial charge in [-0.2, -0.15) is 0 Å². The Balaban J connectivity index is 2.00. The molecule has 1 aliphatic rings. The van der Waals surface area contributed by atoms with Gasteiger partial charge in [0, 0.05) is 24.0 Å². The van der Waals surface area contributed by atoms with Crippen molar-refractivity contribution in [1.82, 2.24) is 0 Å². The SMILES string of the molecule is O=[N+]([O-])c1csc(CC2CCO2)c1. The minimum atomic E-state index is -0.359. The molecule has 0 aromatic carbocycles. The van der Waals surface area contributed by atoms with Gasteiger partial charge in [0.25, 0.3) is 5.69 Å². The molecule has 2 rings (SSSR count). The van der Waals surface area contributed by atoms with Crippen LogP contribution in [0.4, 0.5) is 5.69 Å².